The molecule has 3 atom stereocenters. The maximum Gasteiger partial charge on any atom is 0.0847 e. The van der Waals surface area contributed by atoms with Crippen LogP contribution in [0.1, 0.15) is 37.1 Å². The molecule has 4 heteroatoms. The van der Waals surface area contributed by atoms with E-state index >= 15 is 0 Å². The third-order valence-electron chi connectivity index (χ3n) is 5.59. The number of aromatic nitrogens is 1. The molecule has 0 radical (unpaired) electrons. The summed E-state index contributed by atoms with van der Waals surface area (Å²) in [6.07, 6.45) is 5.86. The van der Waals surface area contributed by atoms with E-state index in [9.17, 15) is 0 Å². The van der Waals surface area contributed by atoms with Gasteiger partial charge >= 0.3 is 0 Å². The minimum Gasteiger partial charge on any atom is -0.381 e. The van der Waals surface area contributed by atoms with Crippen molar-refractivity contribution in [1.82, 2.24) is 9.88 Å². The first-order valence-corrected chi connectivity index (χ1v) is 8.41. The first-order chi connectivity index (χ1) is 10.7. The molecule has 0 aromatic carbocycles. The maximum absolute atomic E-state index is 5.98. The first kappa shape index (κ1) is 15.9. The number of ether oxygens (including phenoxy) is 2. The van der Waals surface area contributed by atoms with Crippen LogP contribution in [0, 0.1) is 6.92 Å². The number of rotatable bonds is 5. The molecule has 1 saturated heterocycles. The van der Waals surface area contributed by atoms with Gasteiger partial charge in [-0.05, 0) is 44.7 Å². The summed E-state index contributed by atoms with van der Waals surface area (Å²) in [5.74, 6) is 0. The van der Waals surface area contributed by atoms with Crippen molar-refractivity contribution in [2.45, 2.75) is 56.8 Å². The third-order valence-corrected chi connectivity index (χ3v) is 5.59. The molecule has 1 saturated carbocycles. The molecule has 2 aliphatic rings. The van der Waals surface area contributed by atoms with Gasteiger partial charge in [0.1, 0.15) is 0 Å². The van der Waals surface area contributed by atoms with E-state index in [1.54, 1.807) is 0 Å². The lowest BCUT2D eigenvalue weighted by Gasteiger charge is -2.43. The van der Waals surface area contributed by atoms with Crippen LogP contribution < -0.4 is 0 Å². The van der Waals surface area contributed by atoms with Gasteiger partial charge in [-0.1, -0.05) is 6.07 Å². The standard InChI is InChI=1S/C18H28N2O2/c1-14-5-4-6-15(19-14)8-11-20-12-10-18(22-3)9-7-16(21-2)13-17(18)20/h4-6,16-17H,7-13H2,1-3H3/t16-,17-,18+/m0/s1. The molecule has 0 N–H and O–H groups in total. The molecule has 122 valence electrons. The fourth-order valence-electron chi connectivity index (χ4n) is 4.23. The molecule has 22 heavy (non-hydrogen) atoms. The zero-order chi connectivity index (χ0) is 15.6. The minimum absolute atomic E-state index is 0.0507. The summed E-state index contributed by atoms with van der Waals surface area (Å²) in [6.45, 7) is 4.24. The quantitative estimate of drug-likeness (QED) is 0.837. The highest BCUT2D eigenvalue weighted by atomic mass is 16.5. The van der Waals surface area contributed by atoms with Crippen LogP contribution in [-0.4, -0.2) is 54.9 Å². The van der Waals surface area contributed by atoms with E-state index < -0.39 is 0 Å². The van der Waals surface area contributed by atoms with Crippen LogP contribution in [0.2, 0.25) is 0 Å². The van der Waals surface area contributed by atoms with Crippen molar-refractivity contribution in [3.63, 3.8) is 0 Å². The Balaban J connectivity index is 1.66. The second-order valence-corrected chi connectivity index (χ2v) is 6.72. The molecule has 3 rings (SSSR count). The van der Waals surface area contributed by atoms with E-state index in [1.807, 2.05) is 14.2 Å². The van der Waals surface area contributed by atoms with Gasteiger partial charge in [-0.3, -0.25) is 9.88 Å². The molecule has 1 aliphatic carbocycles. The van der Waals surface area contributed by atoms with E-state index in [-0.39, 0.29) is 5.60 Å². The molecule has 0 spiro atoms. The van der Waals surface area contributed by atoms with Crippen molar-refractivity contribution in [1.29, 1.82) is 0 Å². The van der Waals surface area contributed by atoms with Gasteiger partial charge in [0, 0.05) is 51.2 Å². The van der Waals surface area contributed by atoms with Gasteiger partial charge in [0.2, 0.25) is 0 Å². The van der Waals surface area contributed by atoms with Crippen molar-refractivity contribution in [2.75, 3.05) is 27.3 Å². The number of hydrogen-bond acceptors (Lipinski definition) is 4. The van der Waals surface area contributed by atoms with Gasteiger partial charge in [-0.25, -0.2) is 0 Å². The predicted octanol–water partition coefficient (Wildman–Crippen LogP) is 2.59. The van der Waals surface area contributed by atoms with Crippen LogP contribution in [0.15, 0.2) is 18.2 Å². The molecule has 2 fully saturated rings. The summed E-state index contributed by atoms with van der Waals surface area (Å²) >= 11 is 0. The molecule has 1 aliphatic heterocycles. The van der Waals surface area contributed by atoms with E-state index in [2.05, 4.69) is 35.0 Å². The second-order valence-electron chi connectivity index (χ2n) is 6.72. The molecule has 1 aromatic rings. The predicted molar refractivity (Wildman–Crippen MR) is 87.0 cm³/mol. The molecule has 1 aromatic heterocycles. The summed E-state index contributed by atoms with van der Waals surface area (Å²) in [6, 6.07) is 6.77. The summed E-state index contributed by atoms with van der Waals surface area (Å²) in [5, 5.41) is 0. The van der Waals surface area contributed by atoms with Crippen LogP contribution in [0.5, 0.6) is 0 Å². The van der Waals surface area contributed by atoms with Gasteiger partial charge in [0.15, 0.2) is 0 Å². The van der Waals surface area contributed by atoms with Crippen molar-refractivity contribution in [3.05, 3.63) is 29.6 Å². The van der Waals surface area contributed by atoms with E-state index in [0.29, 0.717) is 12.1 Å². The van der Waals surface area contributed by atoms with Crippen LogP contribution in [0.4, 0.5) is 0 Å². The van der Waals surface area contributed by atoms with Crippen molar-refractivity contribution >= 4 is 0 Å². The summed E-state index contributed by atoms with van der Waals surface area (Å²) in [7, 11) is 3.71. The summed E-state index contributed by atoms with van der Waals surface area (Å²) < 4.78 is 11.6. The summed E-state index contributed by atoms with van der Waals surface area (Å²) in [4.78, 5) is 7.22. The van der Waals surface area contributed by atoms with Crippen molar-refractivity contribution in [3.8, 4) is 0 Å². The van der Waals surface area contributed by atoms with Crippen LogP contribution in [0.3, 0.4) is 0 Å². The smallest absolute Gasteiger partial charge is 0.0847 e. The van der Waals surface area contributed by atoms with Gasteiger partial charge in [0.05, 0.1) is 11.7 Å². The lowest BCUT2D eigenvalue weighted by Crippen LogP contribution is -2.52. The lowest BCUT2D eigenvalue weighted by atomic mass is 9.79. The van der Waals surface area contributed by atoms with Crippen LogP contribution >= 0.6 is 0 Å². The average Bonchev–Trinajstić information content (AvgIpc) is 2.91. The highest BCUT2D eigenvalue weighted by molar-refractivity contribution is 5.11. The Kier molecular flexibility index (Phi) is 4.81. The fourth-order valence-corrected chi connectivity index (χ4v) is 4.23. The molecule has 0 amide bonds. The molecular formula is C18H28N2O2. The molecule has 0 bridgehead atoms. The Labute approximate surface area is 133 Å². The Morgan fingerprint density at radius 1 is 1.32 bits per heavy atom. The van der Waals surface area contributed by atoms with E-state index in [4.69, 9.17) is 9.47 Å². The number of likely N-dealkylation sites (tertiary alicyclic amines) is 1. The number of pyridine rings is 1. The Morgan fingerprint density at radius 3 is 2.91 bits per heavy atom. The maximum atomic E-state index is 5.98. The third kappa shape index (κ3) is 3.05. The highest BCUT2D eigenvalue weighted by Gasteiger charge is 2.50. The topological polar surface area (TPSA) is 34.6 Å². The normalized spacial score (nSPS) is 32.1. The van der Waals surface area contributed by atoms with E-state index in [1.165, 1.54) is 5.69 Å². The molecular weight excluding hydrogens is 276 g/mol. The molecule has 4 nitrogen and oxygen atoms in total. The number of nitrogens with zero attached hydrogens (tertiary/aromatic N) is 2. The average molecular weight is 304 g/mol. The first-order valence-electron chi connectivity index (χ1n) is 8.41. The number of aryl methyl sites for hydroxylation is 1. The van der Waals surface area contributed by atoms with Crippen LogP contribution in [-0.2, 0) is 15.9 Å². The monoisotopic (exact) mass is 304 g/mol. The minimum atomic E-state index is 0.0507. The summed E-state index contributed by atoms with van der Waals surface area (Å²) in [5.41, 5.74) is 2.34. The van der Waals surface area contributed by atoms with Crippen molar-refractivity contribution < 1.29 is 9.47 Å². The fraction of sp³-hybridized carbons (Fsp3) is 0.722. The zero-order valence-corrected chi connectivity index (χ0v) is 14.0. The van der Waals surface area contributed by atoms with Crippen molar-refractivity contribution in [2.24, 2.45) is 0 Å². The Morgan fingerprint density at radius 2 is 2.18 bits per heavy atom. The molecule has 2 heterocycles. The van der Waals surface area contributed by atoms with Gasteiger partial charge in [-0.15, -0.1) is 0 Å². The van der Waals surface area contributed by atoms with Gasteiger partial charge < -0.3 is 9.47 Å². The van der Waals surface area contributed by atoms with E-state index in [0.717, 1.165) is 50.9 Å². The number of hydrogen-bond donors (Lipinski definition) is 0. The lowest BCUT2D eigenvalue weighted by molar-refractivity contribution is -0.0935. The number of methoxy groups -OCH3 is 2. The Bertz CT molecular complexity index is 508. The SMILES string of the molecule is CO[C@H]1CC[C@@]2(OC)CCN(CCc3cccc(C)n3)[C@H]2C1. The van der Waals surface area contributed by atoms with Crippen LogP contribution in [0.25, 0.3) is 0 Å². The Hall–Kier alpha value is -0.970. The molecule has 0 unspecified atom stereocenters. The van der Waals surface area contributed by atoms with Gasteiger partial charge in [0.25, 0.3) is 0 Å². The largest absolute Gasteiger partial charge is 0.381 e. The number of fused-ring (bicyclic) bond motifs is 1. The zero-order valence-electron chi connectivity index (χ0n) is 14.0. The second kappa shape index (κ2) is 6.65. The van der Waals surface area contributed by atoms with Gasteiger partial charge in [-0.2, -0.15) is 0 Å². The highest BCUT2D eigenvalue weighted by Crippen LogP contribution is 2.42.